The maximum atomic E-state index is 13.1. The lowest BCUT2D eigenvalue weighted by molar-refractivity contribution is -0.132. The van der Waals surface area contributed by atoms with E-state index in [-0.39, 0.29) is 24.1 Å². The molecule has 2 fully saturated rings. The number of rotatable bonds is 7. The average molecular weight is 451 g/mol. The Balaban J connectivity index is 1.66. The van der Waals surface area contributed by atoms with E-state index >= 15 is 0 Å². The van der Waals surface area contributed by atoms with E-state index in [1.165, 1.54) is 0 Å². The highest BCUT2D eigenvalue weighted by molar-refractivity contribution is 5.78. The van der Waals surface area contributed by atoms with E-state index in [0.717, 1.165) is 36.4 Å². The molecule has 1 unspecified atom stereocenters. The normalized spacial score (nSPS) is 21.3. The fourth-order valence-electron chi connectivity index (χ4n) is 4.54. The van der Waals surface area contributed by atoms with Crippen molar-refractivity contribution in [1.29, 1.82) is 0 Å². The molecule has 2 saturated heterocycles. The van der Waals surface area contributed by atoms with Crippen molar-refractivity contribution in [3.8, 4) is 0 Å². The highest BCUT2D eigenvalue weighted by Crippen LogP contribution is 2.22. The number of piperidine rings is 1. The van der Waals surface area contributed by atoms with Crippen molar-refractivity contribution in [2.45, 2.75) is 66.2 Å². The lowest BCUT2D eigenvalue weighted by Gasteiger charge is -2.37. The number of carbonyl (C=O) groups excluding carboxylic acids is 2. The maximum absolute atomic E-state index is 13.1. The van der Waals surface area contributed by atoms with Crippen molar-refractivity contribution < 1.29 is 23.6 Å². The van der Waals surface area contributed by atoms with Crippen molar-refractivity contribution in [1.82, 2.24) is 19.9 Å². The van der Waals surface area contributed by atoms with Crippen molar-refractivity contribution in [2.75, 3.05) is 45.9 Å². The maximum Gasteiger partial charge on any atom is 0.409 e. The van der Waals surface area contributed by atoms with Crippen LogP contribution in [0.15, 0.2) is 4.52 Å². The standard InChI is InChI=1S/C23H38N4O5/c1-6-30-23(29)25-9-7-19(8-10-25)26-12-20(13-27(11-16(2)3)22(28)14-26)31-15-21-17(4)24-32-18(21)5/h16,19-20H,6-15H2,1-5H3. The molecule has 1 aromatic rings. The van der Waals surface area contributed by atoms with E-state index in [1.807, 2.05) is 25.7 Å². The molecule has 0 aliphatic carbocycles. The van der Waals surface area contributed by atoms with Crippen LogP contribution >= 0.6 is 0 Å². The first-order chi connectivity index (χ1) is 15.3. The Hall–Kier alpha value is -2.13. The van der Waals surface area contributed by atoms with E-state index in [2.05, 4.69) is 23.9 Å². The van der Waals surface area contributed by atoms with Gasteiger partial charge in [-0.1, -0.05) is 19.0 Å². The van der Waals surface area contributed by atoms with Gasteiger partial charge in [0.05, 0.1) is 31.6 Å². The van der Waals surface area contributed by atoms with Crippen LogP contribution in [0, 0.1) is 19.8 Å². The molecule has 1 atom stereocenters. The molecule has 2 amide bonds. The van der Waals surface area contributed by atoms with Gasteiger partial charge in [0.15, 0.2) is 0 Å². The number of aromatic nitrogens is 1. The molecule has 0 spiro atoms. The molecule has 9 heteroatoms. The topological polar surface area (TPSA) is 88.4 Å². The minimum absolute atomic E-state index is 0.100. The molecule has 180 valence electrons. The Morgan fingerprint density at radius 2 is 1.94 bits per heavy atom. The van der Waals surface area contributed by atoms with Gasteiger partial charge in [0.2, 0.25) is 5.91 Å². The SMILES string of the molecule is CCOC(=O)N1CCC(N2CC(=O)N(CC(C)C)CC(OCc3c(C)noc3C)C2)CC1. The van der Waals surface area contributed by atoms with E-state index < -0.39 is 0 Å². The summed E-state index contributed by atoms with van der Waals surface area (Å²) < 4.78 is 16.7. The van der Waals surface area contributed by atoms with E-state index in [9.17, 15) is 9.59 Å². The predicted octanol–water partition coefficient (Wildman–Crippen LogP) is 2.60. The zero-order chi connectivity index (χ0) is 23.3. The third-order valence-electron chi connectivity index (χ3n) is 6.29. The summed E-state index contributed by atoms with van der Waals surface area (Å²) in [6.07, 6.45) is 1.30. The van der Waals surface area contributed by atoms with Gasteiger partial charge in [-0.3, -0.25) is 9.69 Å². The van der Waals surface area contributed by atoms with Crippen molar-refractivity contribution in [3.63, 3.8) is 0 Å². The van der Waals surface area contributed by atoms with Crippen LogP contribution in [-0.2, 0) is 20.9 Å². The summed E-state index contributed by atoms with van der Waals surface area (Å²) in [4.78, 5) is 31.1. The summed E-state index contributed by atoms with van der Waals surface area (Å²) in [6, 6.07) is 0.244. The number of nitrogens with zero attached hydrogens (tertiary/aromatic N) is 4. The van der Waals surface area contributed by atoms with Crippen LogP contribution < -0.4 is 0 Å². The molecule has 0 aromatic carbocycles. The van der Waals surface area contributed by atoms with Gasteiger partial charge in [-0.15, -0.1) is 0 Å². The highest BCUT2D eigenvalue weighted by atomic mass is 16.6. The fraction of sp³-hybridized carbons (Fsp3) is 0.783. The number of amides is 2. The second-order valence-corrected chi connectivity index (χ2v) is 9.27. The molecule has 1 aromatic heterocycles. The lowest BCUT2D eigenvalue weighted by Crippen LogP contribution is -2.49. The number of hydrogen-bond acceptors (Lipinski definition) is 7. The smallest absolute Gasteiger partial charge is 0.409 e. The Morgan fingerprint density at radius 3 is 2.53 bits per heavy atom. The summed E-state index contributed by atoms with van der Waals surface area (Å²) in [6.45, 7) is 14.4. The van der Waals surface area contributed by atoms with Crippen LogP contribution in [0.25, 0.3) is 0 Å². The monoisotopic (exact) mass is 450 g/mol. The van der Waals surface area contributed by atoms with Gasteiger partial charge in [-0.05, 0) is 39.5 Å². The molecule has 3 heterocycles. The minimum Gasteiger partial charge on any atom is -0.450 e. The zero-order valence-corrected chi connectivity index (χ0v) is 20.1. The summed E-state index contributed by atoms with van der Waals surface area (Å²) in [5, 5.41) is 4.02. The van der Waals surface area contributed by atoms with Gasteiger partial charge in [0.25, 0.3) is 0 Å². The quantitative estimate of drug-likeness (QED) is 0.631. The highest BCUT2D eigenvalue weighted by Gasteiger charge is 2.34. The van der Waals surface area contributed by atoms with E-state index in [0.29, 0.717) is 51.9 Å². The molecule has 0 bridgehead atoms. The van der Waals surface area contributed by atoms with E-state index in [4.69, 9.17) is 14.0 Å². The molecular formula is C23H38N4O5. The summed E-state index contributed by atoms with van der Waals surface area (Å²) in [7, 11) is 0. The third-order valence-corrected chi connectivity index (χ3v) is 6.29. The number of likely N-dealkylation sites (tertiary alicyclic amines) is 1. The van der Waals surface area contributed by atoms with Gasteiger partial charge < -0.3 is 23.8 Å². The predicted molar refractivity (Wildman–Crippen MR) is 119 cm³/mol. The largest absolute Gasteiger partial charge is 0.450 e. The molecule has 9 nitrogen and oxygen atoms in total. The molecular weight excluding hydrogens is 412 g/mol. The number of aryl methyl sites for hydroxylation is 2. The molecule has 0 radical (unpaired) electrons. The number of carbonyl (C=O) groups is 2. The summed E-state index contributed by atoms with van der Waals surface area (Å²) in [5.41, 5.74) is 1.82. The van der Waals surface area contributed by atoms with Gasteiger partial charge in [-0.2, -0.15) is 0 Å². The molecule has 0 N–H and O–H groups in total. The summed E-state index contributed by atoms with van der Waals surface area (Å²) in [5.74, 6) is 1.31. The summed E-state index contributed by atoms with van der Waals surface area (Å²) >= 11 is 0. The Kier molecular flexibility index (Phi) is 8.53. The first-order valence-electron chi connectivity index (χ1n) is 11.7. The van der Waals surface area contributed by atoms with Gasteiger partial charge in [-0.25, -0.2) is 4.79 Å². The van der Waals surface area contributed by atoms with Crippen LogP contribution in [-0.4, -0.2) is 89.9 Å². The van der Waals surface area contributed by atoms with Gasteiger partial charge >= 0.3 is 6.09 Å². The second-order valence-electron chi connectivity index (χ2n) is 9.27. The Morgan fingerprint density at radius 1 is 1.22 bits per heavy atom. The zero-order valence-electron chi connectivity index (χ0n) is 20.1. The van der Waals surface area contributed by atoms with Crippen LogP contribution in [0.3, 0.4) is 0 Å². The molecule has 32 heavy (non-hydrogen) atoms. The third kappa shape index (κ3) is 6.22. The molecule has 2 aliphatic heterocycles. The van der Waals surface area contributed by atoms with Gasteiger partial charge in [0.1, 0.15) is 5.76 Å². The average Bonchev–Trinajstić information content (AvgIpc) is 2.98. The van der Waals surface area contributed by atoms with Crippen LogP contribution in [0.4, 0.5) is 4.79 Å². The first kappa shape index (κ1) is 24.5. The van der Waals surface area contributed by atoms with Crippen LogP contribution in [0.1, 0.15) is 50.6 Å². The van der Waals surface area contributed by atoms with E-state index in [1.54, 1.807) is 4.90 Å². The lowest BCUT2D eigenvalue weighted by atomic mass is 10.0. The molecule has 0 saturated carbocycles. The van der Waals surface area contributed by atoms with Crippen molar-refractivity contribution in [2.24, 2.45) is 5.92 Å². The van der Waals surface area contributed by atoms with Crippen LogP contribution in [0.2, 0.25) is 0 Å². The molecule has 2 aliphatic rings. The van der Waals surface area contributed by atoms with Crippen molar-refractivity contribution >= 4 is 12.0 Å². The second kappa shape index (κ2) is 11.1. The molecule has 3 rings (SSSR count). The Labute approximate surface area is 191 Å². The van der Waals surface area contributed by atoms with Crippen molar-refractivity contribution in [3.05, 3.63) is 17.0 Å². The van der Waals surface area contributed by atoms with Crippen LogP contribution in [0.5, 0.6) is 0 Å². The fourth-order valence-corrected chi connectivity index (χ4v) is 4.54. The Bertz CT molecular complexity index is 753. The van der Waals surface area contributed by atoms with Gasteiger partial charge in [0, 0.05) is 44.3 Å². The minimum atomic E-state index is -0.248. The number of hydrogen-bond donors (Lipinski definition) is 0. The number of ether oxygens (including phenoxy) is 2. The first-order valence-corrected chi connectivity index (χ1v) is 11.7.